The fourth-order valence-corrected chi connectivity index (χ4v) is 2.50. The van der Waals surface area contributed by atoms with Crippen LogP contribution in [0, 0.1) is 20.8 Å². The Morgan fingerprint density at radius 1 is 1.00 bits per heavy atom. The standard InChI is InChI=1S/C18H22O2.CH5O3P/c1-11(2)16-10-15(6-7-17(16)19)20-18-13(4)8-12(3)9-14(18)5;1-5(2,3)4/h6-11,19H,1-5H3;1H3,(H2,2,3,4). The van der Waals surface area contributed by atoms with Gasteiger partial charge in [0.15, 0.2) is 0 Å². The summed E-state index contributed by atoms with van der Waals surface area (Å²) in [6.45, 7) is 11.2. The monoisotopic (exact) mass is 366 g/mol. The van der Waals surface area contributed by atoms with Crippen molar-refractivity contribution in [2.75, 3.05) is 6.66 Å². The minimum atomic E-state index is -3.64. The van der Waals surface area contributed by atoms with Crippen LogP contribution >= 0.6 is 7.60 Å². The van der Waals surface area contributed by atoms with Gasteiger partial charge in [-0.1, -0.05) is 31.5 Å². The minimum Gasteiger partial charge on any atom is -0.508 e. The fraction of sp³-hybridized carbons (Fsp3) is 0.368. The first-order valence-corrected chi connectivity index (χ1v) is 10.1. The number of aryl methyl sites for hydroxylation is 3. The summed E-state index contributed by atoms with van der Waals surface area (Å²) in [5.41, 5.74) is 4.40. The molecule has 0 radical (unpaired) electrons. The van der Waals surface area contributed by atoms with E-state index in [4.69, 9.17) is 14.5 Å². The Labute approximate surface area is 149 Å². The van der Waals surface area contributed by atoms with E-state index in [2.05, 4.69) is 46.8 Å². The Bertz CT molecular complexity index is 746. The van der Waals surface area contributed by atoms with Crippen LogP contribution in [0.25, 0.3) is 0 Å². The van der Waals surface area contributed by atoms with E-state index in [9.17, 15) is 9.67 Å². The maximum atomic E-state index is 9.86. The average Bonchev–Trinajstić information content (AvgIpc) is 2.42. The molecule has 3 N–H and O–H groups in total. The number of phenols is 1. The summed E-state index contributed by atoms with van der Waals surface area (Å²) in [4.78, 5) is 15.3. The number of phenolic OH excluding ortho intramolecular Hbond substituents is 1. The van der Waals surface area contributed by atoms with E-state index in [0.717, 1.165) is 34.9 Å². The van der Waals surface area contributed by atoms with Gasteiger partial charge >= 0.3 is 7.60 Å². The van der Waals surface area contributed by atoms with Gasteiger partial charge in [0.05, 0.1) is 0 Å². The van der Waals surface area contributed by atoms with E-state index < -0.39 is 7.60 Å². The smallest absolute Gasteiger partial charge is 0.322 e. The second-order valence-electron chi connectivity index (χ2n) is 6.54. The molecule has 0 unspecified atom stereocenters. The highest BCUT2D eigenvalue weighted by Gasteiger charge is 2.10. The van der Waals surface area contributed by atoms with Crippen molar-refractivity contribution in [3.05, 3.63) is 52.6 Å². The van der Waals surface area contributed by atoms with Crippen LogP contribution in [0.2, 0.25) is 0 Å². The molecule has 0 saturated carbocycles. The first-order chi connectivity index (χ1) is 11.4. The molecule has 0 heterocycles. The van der Waals surface area contributed by atoms with Gasteiger partial charge in [0.2, 0.25) is 0 Å². The summed E-state index contributed by atoms with van der Waals surface area (Å²) in [6, 6.07) is 9.65. The number of ether oxygens (including phenoxy) is 1. The van der Waals surface area contributed by atoms with Crippen LogP contribution < -0.4 is 4.74 Å². The highest BCUT2D eigenvalue weighted by Crippen LogP contribution is 2.34. The van der Waals surface area contributed by atoms with Gasteiger partial charge in [0.1, 0.15) is 17.2 Å². The summed E-state index contributed by atoms with van der Waals surface area (Å²) >= 11 is 0. The lowest BCUT2D eigenvalue weighted by molar-refractivity contribution is 0.381. The van der Waals surface area contributed by atoms with Crippen molar-refractivity contribution in [1.82, 2.24) is 0 Å². The third kappa shape index (κ3) is 7.30. The predicted octanol–water partition coefficient (Wildman–Crippen LogP) is 5.03. The van der Waals surface area contributed by atoms with Crippen LogP contribution in [0.3, 0.4) is 0 Å². The lowest BCUT2D eigenvalue weighted by atomic mass is 10.0. The fourth-order valence-electron chi connectivity index (χ4n) is 2.50. The zero-order valence-corrected chi connectivity index (χ0v) is 16.5. The predicted molar refractivity (Wildman–Crippen MR) is 101 cm³/mol. The molecular weight excluding hydrogens is 339 g/mol. The van der Waals surface area contributed by atoms with Gasteiger partial charge in [-0.15, -0.1) is 0 Å². The van der Waals surface area contributed by atoms with Crippen LogP contribution in [0.5, 0.6) is 17.2 Å². The largest absolute Gasteiger partial charge is 0.508 e. The lowest BCUT2D eigenvalue weighted by Crippen LogP contribution is -1.94. The zero-order valence-electron chi connectivity index (χ0n) is 15.6. The van der Waals surface area contributed by atoms with Gasteiger partial charge < -0.3 is 19.6 Å². The van der Waals surface area contributed by atoms with Gasteiger partial charge in [-0.05, 0) is 56.0 Å². The van der Waals surface area contributed by atoms with E-state index in [0.29, 0.717) is 5.75 Å². The van der Waals surface area contributed by atoms with Crippen molar-refractivity contribution < 1.29 is 24.2 Å². The Balaban J connectivity index is 0.000000550. The number of hydrogen-bond donors (Lipinski definition) is 3. The van der Waals surface area contributed by atoms with Crippen molar-refractivity contribution in [3.8, 4) is 17.2 Å². The number of hydrogen-bond acceptors (Lipinski definition) is 3. The number of benzene rings is 2. The maximum absolute atomic E-state index is 9.86. The first kappa shape index (κ1) is 21.2. The summed E-state index contributed by atoms with van der Waals surface area (Å²) in [6.07, 6.45) is 0. The minimum absolute atomic E-state index is 0.263. The molecule has 25 heavy (non-hydrogen) atoms. The molecule has 0 fully saturated rings. The highest BCUT2D eigenvalue weighted by molar-refractivity contribution is 7.50. The van der Waals surface area contributed by atoms with Gasteiger partial charge in [0.25, 0.3) is 0 Å². The second-order valence-corrected chi connectivity index (χ2v) is 8.21. The molecule has 0 aliphatic heterocycles. The van der Waals surface area contributed by atoms with Gasteiger partial charge in [0, 0.05) is 12.2 Å². The van der Waals surface area contributed by atoms with Gasteiger partial charge in [-0.2, -0.15) is 0 Å². The molecule has 0 atom stereocenters. The van der Waals surface area contributed by atoms with E-state index in [-0.39, 0.29) is 5.92 Å². The van der Waals surface area contributed by atoms with Crippen LogP contribution in [0.1, 0.15) is 42.0 Å². The molecule has 0 amide bonds. The lowest BCUT2D eigenvalue weighted by Gasteiger charge is -2.15. The Morgan fingerprint density at radius 3 is 1.92 bits per heavy atom. The van der Waals surface area contributed by atoms with E-state index in [1.807, 2.05) is 6.07 Å². The molecule has 0 spiro atoms. The molecule has 0 aliphatic rings. The second kappa shape index (κ2) is 8.52. The van der Waals surface area contributed by atoms with Crippen molar-refractivity contribution in [2.45, 2.75) is 40.5 Å². The SMILES string of the molecule is CP(=O)(O)O.Cc1cc(C)c(Oc2ccc(O)c(C(C)C)c2)c(C)c1. The molecule has 6 heteroatoms. The average molecular weight is 366 g/mol. The van der Waals surface area contributed by atoms with Crippen LogP contribution in [-0.2, 0) is 4.57 Å². The molecule has 0 aliphatic carbocycles. The Kier molecular flexibility index (Phi) is 7.24. The molecule has 2 aromatic carbocycles. The summed E-state index contributed by atoms with van der Waals surface area (Å²) in [7, 11) is -3.64. The Hall–Kier alpha value is -1.81. The highest BCUT2D eigenvalue weighted by atomic mass is 31.2. The third-order valence-corrected chi connectivity index (χ3v) is 3.45. The topological polar surface area (TPSA) is 87.0 Å². The maximum Gasteiger partial charge on any atom is 0.322 e. The molecule has 2 rings (SSSR count). The number of rotatable bonds is 3. The summed E-state index contributed by atoms with van der Waals surface area (Å²) < 4.78 is 15.4. The number of aromatic hydroxyl groups is 1. The molecule has 2 aromatic rings. The molecular formula is C19H27O5P. The molecule has 5 nitrogen and oxygen atoms in total. The van der Waals surface area contributed by atoms with Crippen LogP contribution in [-0.4, -0.2) is 21.6 Å². The molecule has 0 bridgehead atoms. The van der Waals surface area contributed by atoms with Gasteiger partial charge in [-0.3, -0.25) is 4.57 Å². The van der Waals surface area contributed by atoms with Crippen LogP contribution in [0.4, 0.5) is 0 Å². The van der Waals surface area contributed by atoms with E-state index in [1.54, 1.807) is 12.1 Å². The third-order valence-electron chi connectivity index (χ3n) is 3.45. The van der Waals surface area contributed by atoms with Crippen molar-refractivity contribution in [2.24, 2.45) is 0 Å². The van der Waals surface area contributed by atoms with Crippen molar-refractivity contribution >= 4 is 7.60 Å². The summed E-state index contributed by atoms with van der Waals surface area (Å²) in [5.74, 6) is 2.25. The van der Waals surface area contributed by atoms with Crippen LogP contribution in [0.15, 0.2) is 30.3 Å². The normalized spacial score (nSPS) is 11.1. The molecule has 138 valence electrons. The molecule has 0 aromatic heterocycles. The van der Waals surface area contributed by atoms with E-state index in [1.165, 1.54) is 5.56 Å². The zero-order chi connectivity index (χ0) is 19.4. The first-order valence-electron chi connectivity index (χ1n) is 8.00. The summed E-state index contributed by atoms with van der Waals surface area (Å²) in [5, 5.41) is 9.86. The van der Waals surface area contributed by atoms with Crippen molar-refractivity contribution in [3.63, 3.8) is 0 Å². The quantitative estimate of drug-likeness (QED) is 0.664. The molecule has 0 saturated heterocycles. The Morgan fingerprint density at radius 2 is 1.48 bits per heavy atom. The van der Waals surface area contributed by atoms with Crippen molar-refractivity contribution in [1.29, 1.82) is 0 Å². The van der Waals surface area contributed by atoms with E-state index >= 15 is 0 Å². The van der Waals surface area contributed by atoms with Gasteiger partial charge in [-0.25, -0.2) is 0 Å².